The number of fused-ring (bicyclic) bond motifs is 5. The minimum absolute atomic E-state index is 0.0762. The lowest BCUT2D eigenvalue weighted by Gasteiger charge is -2.63. The summed E-state index contributed by atoms with van der Waals surface area (Å²) in [5.74, 6) is 1.22. The van der Waals surface area contributed by atoms with Crippen molar-refractivity contribution in [1.82, 2.24) is 0 Å². The summed E-state index contributed by atoms with van der Waals surface area (Å²) in [6.07, 6.45) is 3.28. The van der Waals surface area contributed by atoms with Crippen LogP contribution < -0.4 is 5.63 Å². The fourth-order valence-corrected chi connectivity index (χ4v) is 9.78. The van der Waals surface area contributed by atoms with Crippen molar-refractivity contribution >= 4 is 0 Å². The number of hydrogen-bond acceptors (Lipinski definition) is 9. The summed E-state index contributed by atoms with van der Waals surface area (Å²) < 4.78 is 17.0. The number of hydrogen-bond donors (Lipinski definition) is 5. The first-order valence-electron chi connectivity index (χ1n) is 14.8. The van der Waals surface area contributed by atoms with Gasteiger partial charge in [0.05, 0.1) is 24.6 Å². The standard InChI is InChI=1S/C30H44O9/c1-28-10-7-18(38-27-26(35)25(34)24(33)22(14-31)39-27)13-17(28)4-5-21-20(28)8-11-29(2)19(9-12-30(21,29)36)16-3-6-23(32)37-15-16/h3,6,15,17-22,24-27,31,33-36H,4-5,7-14H2,1-2H3. The summed E-state index contributed by atoms with van der Waals surface area (Å²) in [6.45, 7) is 4.16. The van der Waals surface area contributed by atoms with Crippen LogP contribution in [0, 0.1) is 28.6 Å². The second-order valence-corrected chi connectivity index (χ2v) is 13.6. The Morgan fingerprint density at radius 3 is 2.46 bits per heavy atom. The quantitative estimate of drug-likeness (QED) is 0.356. The van der Waals surface area contributed by atoms with E-state index in [4.69, 9.17) is 13.9 Å². The molecule has 0 aromatic carbocycles. The van der Waals surface area contributed by atoms with Crippen LogP contribution in [0.25, 0.3) is 0 Å². The van der Waals surface area contributed by atoms with Crippen LogP contribution in [0.3, 0.4) is 0 Å². The summed E-state index contributed by atoms with van der Waals surface area (Å²) in [5, 5.41) is 52.6. The van der Waals surface area contributed by atoms with Crippen LogP contribution in [0.5, 0.6) is 0 Å². The average molecular weight is 549 g/mol. The van der Waals surface area contributed by atoms with Crippen molar-refractivity contribution in [2.24, 2.45) is 28.6 Å². The molecule has 5 fully saturated rings. The van der Waals surface area contributed by atoms with Crippen molar-refractivity contribution in [1.29, 1.82) is 0 Å². The maximum Gasteiger partial charge on any atom is 0.335 e. The maximum absolute atomic E-state index is 12.4. The molecule has 13 unspecified atom stereocenters. The SMILES string of the molecule is CC12CCC(OC3OC(CO)C(O)C(O)C3O)CC1CCC1C2CCC2(C)C(c3ccc(=O)oc3)CCC12O. The van der Waals surface area contributed by atoms with E-state index in [1.54, 1.807) is 6.26 Å². The highest BCUT2D eigenvalue weighted by atomic mass is 16.7. The van der Waals surface area contributed by atoms with Crippen molar-refractivity contribution in [2.45, 2.75) is 120 Å². The van der Waals surface area contributed by atoms with Crippen LogP contribution in [0.15, 0.2) is 27.6 Å². The molecule has 5 aliphatic rings. The molecule has 4 aliphatic carbocycles. The first kappa shape index (κ1) is 27.8. The summed E-state index contributed by atoms with van der Waals surface area (Å²) >= 11 is 0. The summed E-state index contributed by atoms with van der Waals surface area (Å²) in [6, 6.07) is 3.35. The largest absolute Gasteiger partial charge is 0.431 e. The lowest BCUT2D eigenvalue weighted by atomic mass is 9.43. The molecule has 6 rings (SSSR count). The Kier molecular flexibility index (Phi) is 7.06. The second kappa shape index (κ2) is 9.89. The topological polar surface area (TPSA) is 150 Å². The molecule has 13 atom stereocenters. The van der Waals surface area contributed by atoms with Crippen molar-refractivity contribution < 1.29 is 39.4 Å². The Bertz CT molecular complexity index is 1090. The highest BCUT2D eigenvalue weighted by molar-refractivity contribution is 5.27. The minimum Gasteiger partial charge on any atom is -0.431 e. The van der Waals surface area contributed by atoms with Gasteiger partial charge in [0.2, 0.25) is 0 Å². The predicted octanol–water partition coefficient (Wildman–Crippen LogP) is 2.07. The monoisotopic (exact) mass is 548 g/mol. The zero-order valence-electron chi connectivity index (χ0n) is 22.9. The molecule has 0 bridgehead atoms. The van der Waals surface area contributed by atoms with Crippen LogP contribution in [-0.2, 0) is 9.47 Å². The molecule has 0 radical (unpaired) electrons. The van der Waals surface area contributed by atoms with Crippen molar-refractivity contribution in [3.63, 3.8) is 0 Å². The van der Waals surface area contributed by atoms with Gasteiger partial charge in [-0.15, -0.1) is 0 Å². The molecule has 4 saturated carbocycles. The summed E-state index contributed by atoms with van der Waals surface area (Å²) in [4.78, 5) is 11.6. The smallest absolute Gasteiger partial charge is 0.335 e. The Labute approximate surface area is 229 Å². The third-order valence-electron chi connectivity index (χ3n) is 12.1. The average Bonchev–Trinajstić information content (AvgIpc) is 3.20. The summed E-state index contributed by atoms with van der Waals surface area (Å²) in [5.41, 5.74) is -0.280. The van der Waals surface area contributed by atoms with Crippen LogP contribution in [-0.4, -0.2) is 74.6 Å². The molecule has 1 aromatic heterocycles. The van der Waals surface area contributed by atoms with E-state index in [-0.39, 0.29) is 34.4 Å². The zero-order chi connectivity index (χ0) is 27.7. The first-order chi connectivity index (χ1) is 18.5. The van der Waals surface area contributed by atoms with E-state index >= 15 is 0 Å². The Balaban J connectivity index is 1.16. The van der Waals surface area contributed by atoms with Crippen LogP contribution in [0.2, 0.25) is 0 Å². The molecule has 9 heteroatoms. The Morgan fingerprint density at radius 2 is 1.74 bits per heavy atom. The number of rotatable bonds is 4. The van der Waals surface area contributed by atoms with Gasteiger partial charge in [-0.05, 0) is 98.5 Å². The lowest BCUT2D eigenvalue weighted by Crippen LogP contribution is -2.62. The van der Waals surface area contributed by atoms with E-state index in [9.17, 15) is 30.3 Å². The van der Waals surface area contributed by atoms with E-state index in [1.807, 2.05) is 6.07 Å². The lowest BCUT2D eigenvalue weighted by molar-refractivity contribution is -0.317. The van der Waals surface area contributed by atoms with Crippen molar-refractivity contribution in [3.05, 3.63) is 34.4 Å². The molecule has 1 saturated heterocycles. The van der Waals surface area contributed by atoms with Gasteiger partial charge in [-0.3, -0.25) is 0 Å². The molecule has 39 heavy (non-hydrogen) atoms. The molecule has 2 heterocycles. The zero-order valence-corrected chi connectivity index (χ0v) is 22.9. The third kappa shape index (κ3) is 4.18. The fraction of sp³-hybridized carbons (Fsp3) is 0.833. The van der Waals surface area contributed by atoms with Gasteiger partial charge in [0.15, 0.2) is 6.29 Å². The number of aliphatic hydroxyl groups excluding tert-OH is 4. The molecule has 0 spiro atoms. The Morgan fingerprint density at radius 1 is 0.949 bits per heavy atom. The first-order valence-corrected chi connectivity index (χ1v) is 14.8. The van der Waals surface area contributed by atoms with Gasteiger partial charge in [-0.1, -0.05) is 13.8 Å². The van der Waals surface area contributed by atoms with E-state index in [2.05, 4.69) is 13.8 Å². The molecule has 218 valence electrons. The fourth-order valence-electron chi connectivity index (χ4n) is 9.78. The van der Waals surface area contributed by atoms with E-state index < -0.39 is 42.9 Å². The van der Waals surface area contributed by atoms with Gasteiger partial charge in [-0.25, -0.2) is 4.79 Å². The van der Waals surface area contributed by atoms with Crippen molar-refractivity contribution in [2.75, 3.05) is 6.61 Å². The van der Waals surface area contributed by atoms with Crippen molar-refractivity contribution in [3.8, 4) is 0 Å². The molecule has 5 N–H and O–H groups in total. The van der Waals surface area contributed by atoms with E-state index in [0.717, 1.165) is 63.4 Å². The van der Waals surface area contributed by atoms with Gasteiger partial charge in [0.1, 0.15) is 24.4 Å². The molecular weight excluding hydrogens is 504 g/mol. The van der Waals surface area contributed by atoms with Crippen LogP contribution in [0.1, 0.15) is 83.1 Å². The minimum atomic E-state index is -1.44. The van der Waals surface area contributed by atoms with Crippen LogP contribution >= 0.6 is 0 Å². The van der Waals surface area contributed by atoms with Gasteiger partial charge >= 0.3 is 5.63 Å². The molecule has 1 aromatic rings. The van der Waals surface area contributed by atoms with Gasteiger partial charge in [0, 0.05) is 11.5 Å². The molecule has 9 nitrogen and oxygen atoms in total. The van der Waals surface area contributed by atoms with Gasteiger partial charge in [-0.2, -0.15) is 0 Å². The van der Waals surface area contributed by atoms with Gasteiger partial charge < -0.3 is 39.4 Å². The molecular formula is C30H44O9. The van der Waals surface area contributed by atoms with Crippen LogP contribution in [0.4, 0.5) is 0 Å². The molecule has 0 amide bonds. The number of aliphatic hydroxyl groups is 5. The Hall–Kier alpha value is -1.33. The highest BCUT2D eigenvalue weighted by Crippen LogP contribution is 2.70. The maximum atomic E-state index is 12.4. The number of ether oxygens (including phenoxy) is 2. The summed E-state index contributed by atoms with van der Waals surface area (Å²) in [7, 11) is 0. The van der Waals surface area contributed by atoms with Gasteiger partial charge in [0.25, 0.3) is 0 Å². The molecule has 1 aliphatic heterocycles. The third-order valence-corrected chi connectivity index (χ3v) is 12.1. The van der Waals surface area contributed by atoms with E-state index in [1.165, 1.54) is 6.07 Å². The predicted molar refractivity (Wildman–Crippen MR) is 140 cm³/mol. The normalized spacial score (nSPS) is 51.6. The highest BCUT2D eigenvalue weighted by Gasteiger charge is 2.67. The van der Waals surface area contributed by atoms with E-state index in [0.29, 0.717) is 11.8 Å². The second-order valence-electron chi connectivity index (χ2n) is 13.6.